The predicted molar refractivity (Wildman–Crippen MR) is 143 cm³/mol. The van der Waals surface area contributed by atoms with E-state index in [1.165, 1.54) is 20.8 Å². The molecule has 1 aliphatic carbocycles. The van der Waals surface area contributed by atoms with E-state index in [1.807, 2.05) is 25.2 Å². The van der Waals surface area contributed by atoms with E-state index >= 15 is 0 Å². The Balaban J connectivity index is 2.35. The first kappa shape index (κ1) is 34.0. The van der Waals surface area contributed by atoms with Crippen molar-refractivity contribution in [3.05, 3.63) is 23.8 Å². The fraction of sp³-hybridized carbons (Fsp3) is 0.690. The lowest BCUT2D eigenvalue weighted by Gasteiger charge is -2.44. The Bertz CT molecular complexity index is 1040. The Morgan fingerprint density at radius 3 is 1.93 bits per heavy atom. The van der Waals surface area contributed by atoms with Crippen LogP contribution in [0.4, 0.5) is 0 Å². The van der Waals surface area contributed by atoms with E-state index in [2.05, 4.69) is 13.8 Å². The number of ether oxygens (including phenoxy) is 7. The van der Waals surface area contributed by atoms with Gasteiger partial charge in [-0.1, -0.05) is 31.6 Å². The number of carbonyl (C=O) groups is 5. The van der Waals surface area contributed by atoms with Gasteiger partial charge in [-0.3, -0.25) is 24.0 Å². The number of hydrogen-bond acceptors (Lipinski definition) is 12. The molecule has 0 N–H and O–H groups in total. The van der Waals surface area contributed by atoms with E-state index in [9.17, 15) is 24.0 Å². The van der Waals surface area contributed by atoms with Crippen LogP contribution in [0.15, 0.2) is 23.8 Å². The molecule has 12 heteroatoms. The lowest BCUT2D eigenvalue weighted by Crippen LogP contribution is -2.63. The summed E-state index contributed by atoms with van der Waals surface area (Å²) in [6.07, 6.45) is -0.758. The highest BCUT2D eigenvalue weighted by molar-refractivity contribution is 5.69. The van der Waals surface area contributed by atoms with Gasteiger partial charge < -0.3 is 33.2 Å². The van der Waals surface area contributed by atoms with Gasteiger partial charge in [0.2, 0.25) is 0 Å². The van der Waals surface area contributed by atoms with Crippen LogP contribution in [0, 0.1) is 11.3 Å². The molecular weight excluding hydrogens is 540 g/mol. The highest BCUT2D eigenvalue weighted by atomic mass is 16.7. The predicted octanol–water partition coefficient (Wildman–Crippen LogP) is 2.95. The quantitative estimate of drug-likeness (QED) is 0.212. The van der Waals surface area contributed by atoms with Crippen LogP contribution in [-0.2, 0) is 57.1 Å². The normalized spacial score (nSPS) is 30.0. The fourth-order valence-corrected chi connectivity index (χ4v) is 5.24. The summed E-state index contributed by atoms with van der Waals surface area (Å²) >= 11 is 0. The molecule has 1 heterocycles. The van der Waals surface area contributed by atoms with Crippen LogP contribution in [0.1, 0.15) is 68.7 Å². The minimum absolute atomic E-state index is 0.00996. The zero-order chi connectivity index (χ0) is 31.1. The molecule has 230 valence electrons. The SMILES string of the molecule is CC(=O)OCC1OC(OC(C)C=CC2C(C)=CC(OC(C)=O)CC2(C)C)C(OC(C)=O)C(OC(C)=O)C1OC(C)=O. The minimum Gasteiger partial charge on any atom is -0.463 e. The second-order valence-electron chi connectivity index (χ2n) is 11.0. The van der Waals surface area contributed by atoms with Gasteiger partial charge in [0.15, 0.2) is 24.6 Å². The van der Waals surface area contributed by atoms with E-state index in [0.29, 0.717) is 6.42 Å². The number of allylic oxidation sites excluding steroid dienone is 2. The van der Waals surface area contributed by atoms with Gasteiger partial charge in [0, 0.05) is 40.5 Å². The molecule has 0 aromatic rings. The maximum Gasteiger partial charge on any atom is 0.303 e. The standard InChI is InChI=1S/C29H42O12/c1-15-12-22(37-18(4)31)13-29(8,9)23(15)11-10-16(2)36-28-27(40-21(7)34)26(39-20(6)33)25(38-19(5)32)24(41-28)14-35-17(3)30/h10-12,16,22-28H,13-14H2,1-9H3. The first-order valence-corrected chi connectivity index (χ1v) is 13.5. The topological polar surface area (TPSA) is 150 Å². The van der Waals surface area contributed by atoms with E-state index in [1.54, 1.807) is 6.92 Å². The van der Waals surface area contributed by atoms with Crippen molar-refractivity contribution < 1.29 is 57.1 Å². The highest BCUT2D eigenvalue weighted by Gasteiger charge is 2.53. The Labute approximate surface area is 240 Å². The lowest BCUT2D eigenvalue weighted by atomic mass is 9.67. The average Bonchev–Trinajstić information content (AvgIpc) is 2.79. The Morgan fingerprint density at radius 2 is 1.41 bits per heavy atom. The molecule has 0 spiro atoms. The summed E-state index contributed by atoms with van der Waals surface area (Å²) in [5.74, 6) is -3.08. The summed E-state index contributed by atoms with van der Waals surface area (Å²) < 4.78 is 38.9. The summed E-state index contributed by atoms with van der Waals surface area (Å²) in [6.45, 7) is 13.6. The van der Waals surface area contributed by atoms with Gasteiger partial charge >= 0.3 is 29.8 Å². The van der Waals surface area contributed by atoms with Gasteiger partial charge in [0.1, 0.15) is 18.8 Å². The monoisotopic (exact) mass is 582 g/mol. The van der Waals surface area contributed by atoms with Gasteiger partial charge in [-0.15, -0.1) is 0 Å². The van der Waals surface area contributed by atoms with Crippen molar-refractivity contribution in [3.63, 3.8) is 0 Å². The van der Waals surface area contributed by atoms with Crippen molar-refractivity contribution in [1.82, 2.24) is 0 Å². The molecule has 0 bridgehead atoms. The maximum atomic E-state index is 12.0. The molecule has 0 saturated carbocycles. The number of rotatable bonds is 10. The van der Waals surface area contributed by atoms with Crippen LogP contribution in [0.5, 0.6) is 0 Å². The van der Waals surface area contributed by atoms with Gasteiger partial charge in [0.05, 0.1) is 6.10 Å². The van der Waals surface area contributed by atoms with Crippen LogP contribution < -0.4 is 0 Å². The third kappa shape index (κ3) is 10.3. The van der Waals surface area contributed by atoms with Crippen LogP contribution in [0.3, 0.4) is 0 Å². The summed E-state index contributed by atoms with van der Waals surface area (Å²) in [5, 5.41) is 0. The molecule has 41 heavy (non-hydrogen) atoms. The zero-order valence-electron chi connectivity index (χ0n) is 25.2. The van der Waals surface area contributed by atoms with Gasteiger partial charge in [-0.2, -0.15) is 0 Å². The molecule has 2 aliphatic rings. The molecular formula is C29H42O12. The minimum atomic E-state index is -1.31. The molecule has 0 radical (unpaired) electrons. The largest absolute Gasteiger partial charge is 0.463 e. The summed E-state index contributed by atoms with van der Waals surface area (Å²) in [6, 6.07) is 0. The van der Waals surface area contributed by atoms with Crippen LogP contribution in [-0.4, -0.2) is 79.4 Å². The van der Waals surface area contributed by atoms with Crippen molar-refractivity contribution in [2.75, 3.05) is 6.61 Å². The molecule has 0 aromatic heterocycles. The Morgan fingerprint density at radius 1 is 0.878 bits per heavy atom. The molecule has 0 amide bonds. The third-order valence-electron chi connectivity index (χ3n) is 6.70. The summed E-state index contributed by atoms with van der Waals surface area (Å²) in [4.78, 5) is 58.9. The molecule has 0 aromatic carbocycles. The molecule has 1 saturated heterocycles. The molecule has 2 rings (SSSR count). The van der Waals surface area contributed by atoms with E-state index in [4.69, 9.17) is 33.2 Å². The van der Waals surface area contributed by atoms with Crippen molar-refractivity contribution in [3.8, 4) is 0 Å². The van der Waals surface area contributed by atoms with Crippen molar-refractivity contribution >= 4 is 29.8 Å². The molecule has 8 atom stereocenters. The van der Waals surface area contributed by atoms with Gasteiger partial charge in [-0.25, -0.2) is 0 Å². The first-order valence-electron chi connectivity index (χ1n) is 13.5. The fourth-order valence-electron chi connectivity index (χ4n) is 5.24. The van der Waals surface area contributed by atoms with Crippen molar-refractivity contribution in [2.24, 2.45) is 11.3 Å². The van der Waals surface area contributed by atoms with Gasteiger partial charge in [0.25, 0.3) is 0 Å². The van der Waals surface area contributed by atoms with Crippen molar-refractivity contribution in [1.29, 1.82) is 0 Å². The van der Waals surface area contributed by atoms with E-state index in [-0.39, 0.29) is 30.0 Å². The van der Waals surface area contributed by atoms with Gasteiger partial charge in [-0.05, 0) is 31.8 Å². The molecule has 1 fully saturated rings. The molecule has 1 aliphatic heterocycles. The van der Waals surface area contributed by atoms with Crippen LogP contribution in [0.2, 0.25) is 0 Å². The number of carbonyl (C=O) groups excluding carboxylic acids is 5. The lowest BCUT2D eigenvalue weighted by molar-refractivity contribution is -0.312. The number of hydrogen-bond donors (Lipinski definition) is 0. The third-order valence-corrected chi connectivity index (χ3v) is 6.70. The number of esters is 5. The Kier molecular flexibility index (Phi) is 12.1. The Hall–Kier alpha value is -3.25. The second kappa shape index (κ2) is 14.6. The second-order valence-corrected chi connectivity index (χ2v) is 11.0. The van der Waals surface area contributed by atoms with E-state index < -0.39 is 60.7 Å². The van der Waals surface area contributed by atoms with Crippen molar-refractivity contribution in [2.45, 2.75) is 112 Å². The molecule has 12 nitrogen and oxygen atoms in total. The smallest absolute Gasteiger partial charge is 0.303 e. The van der Waals surface area contributed by atoms with Crippen LogP contribution >= 0.6 is 0 Å². The van der Waals surface area contributed by atoms with E-state index in [0.717, 1.165) is 19.4 Å². The summed E-state index contributed by atoms with van der Waals surface area (Å²) in [5.41, 5.74) is 0.798. The summed E-state index contributed by atoms with van der Waals surface area (Å²) in [7, 11) is 0. The van der Waals surface area contributed by atoms with Crippen LogP contribution in [0.25, 0.3) is 0 Å². The molecule has 8 unspecified atom stereocenters. The zero-order valence-corrected chi connectivity index (χ0v) is 25.2. The maximum absolute atomic E-state index is 12.0. The first-order chi connectivity index (χ1) is 19.0. The average molecular weight is 583 g/mol. The highest BCUT2D eigenvalue weighted by Crippen LogP contribution is 2.43.